The van der Waals surface area contributed by atoms with Gasteiger partial charge >= 0.3 is 0 Å². The highest BCUT2D eigenvalue weighted by Crippen LogP contribution is 2.29. The fourth-order valence-corrected chi connectivity index (χ4v) is 6.09. The molecule has 0 amide bonds. The van der Waals surface area contributed by atoms with E-state index in [-0.39, 0.29) is 0 Å². The molecule has 0 saturated carbocycles. The third kappa shape index (κ3) is 8.13. The number of hydrogen-bond acceptors (Lipinski definition) is 8. The van der Waals surface area contributed by atoms with E-state index in [0.717, 1.165) is 12.5 Å². The Morgan fingerprint density at radius 3 is 1.45 bits per heavy atom. The number of hydrogen-bond donors (Lipinski definition) is 2. The van der Waals surface area contributed by atoms with Gasteiger partial charge in [-0.25, -0.2) is 0 Å². The van der Waals surface area contributed by atoms with Crippen LogP contribution in [-0.4, -0.2) is 42.3 Å². The van der Waals surface area contributed by atoms with Gasteiger partial charge in [-0.1, -0.05) is 50.0 Å². The molecule has 0 spiro atoms. The number of rotatable bonds is 12. The zero-order chi connectivity index (χ0) is 24.8. The van der Waals surface area contributed by atoms with Crippen LogP contribution in [0.4, 0.5) is 0 Å². The van der Waals surface area contributed by atoms with Gasteiger partial charge in [0.2, 0.25) is 10.9 Å². The van der Waals surface area contributed by atoms with Crippen molar-refractivity contribution >= 4 is 22.4 Å². The topological polar surface area (TPSA) is 147 Å². The van der Waals surface area contributed by atoms with Crippen LogP contribution in [-0.2, 0) is 33.2 Å². The first kappa shape index (κ1) is 27.4. The summed E-state index contributed by atoms with van der Waals surface area (Å²) in [6.07, 6.45) is 3.65. The second-order valence-corrected chi connectivity index (χ2v) is 12.7. The van der Waals surface area contributed by atoms with E-state index >= 15 is 0 Å². The molecular weight excluding hydrogens is 468 g/mol. The summed E-state index contributed by atoms with van der Waals surface area (Å²) in [5.74, 6) is 1.65. The van der Waals surface area contributed by atoms with Crippen molar-refractivity contribution in [2.24, 2.45) is 0 Å². The van der Waals surface area contributed by atoms with E-state index in [1.807, 2.05) is 27.7 Å². The molecule has 2 aromatic heterocycles. The van der Waals surface area contributed by atoms with Crippen LogP contribution in [0, 0.1) is 0 Å². The van der Waals surface area contributed by atoms with Crippen molar-refractivity contribution in [3.8, 4) is 11.5 Å². The van der Waals surface area contributed by atoms with Gasteiger partial charge in [-0.2, -0.15) is 0 Å². The van der Waals surface area contributed by atoms with Crippen LogP contribution in [0.5, 0.6) is 11.5 Å². The van der Waals surface area contributed by atoms with E-state index in [1.165, 1.54) is 12.1 Å². The third-order valence-corrected chi connectivity index (χ3v) is 8.42. The van der Waals surface area contributed by atoms with Crippen molar-refractivity contribution in [1.29, 1.82) is 0 Å². The van der Waals surface area contributed by atoms with E-state index in [9.17, 15) is 28.9 Å². The molecule has 184 valence electrons. The monoisotopic (exact) mass is 500 g/mol. The van der Waals surface area contributed by atoms with Gasteiger partial charge in [-0.15, -0.1) is 0 Å². The minimum atomic E-state index is -1.10. The largest absolute Gasteiger partial charge is 0.616 e. The van der Waals surface area contributed by atoms with Gasteiger partial charge in [-0.3, -0.25) is 9.59 Å². The summed E-state index contributed by atoms with van der Waals surface area (Å²) in [6.45, 7) is 7.53. The Morgan fingerprint density at radius 2 is 1.12 bits per heavy atom. The Bertz CT molecular complexity index is 946. The molecule has 8 nitrogen and oxygen atoms in total. The smallest absolute Gasteiger partial charge is 0.226 e. The zero-order valence-corrected chi connectivity index (χ0v) is 21.1. The van der Waals surface area contributed by atoms with Crippen molar-refractivity contribution in [2.45, 2.75) is 57.8 Å². The molecule has 0 aliphatic heterocycles. The van der Waals surface area contributed by atoms with Crippen LogP contribution in [0.1, 0.15) is 58.5 Å². The van der Waals surface area contributed by atoms with E-state index in [2.05, 4.69) is 0 Å². The van der Waals surface area contributed by atoms with Gasteiger partial charge in [0.05, 0.1) is 0 Å². The number of aromatic hydroxyl groups is 2. The van der Waals surface area contributed by atoms with Crippen LogP contribution in [0.25, 0.3) is 0 Å². The molecule has 0 fully saturated rings. The van der Waals surface area contributed by atoms with Crippen LogP contribution >= 0.6 is 0 Å². The van der Waals surface area contributed by atoms with Crippen LogP contribution in [0.15, 0.2) is 43.1 Å². The predicted octanol–water partition coefficient (Wildman–Crippen LogP) is 2.93. The Hall–Kier alpha value is -1.88. The zero-order valence-electron chi connectivity index (χ0n) is 19.4. The van der Waals surface area contributed by atoms with Gasteiger partial charge < -0.3 is 28.2 Å². The van der Waals surface area contributed by atoms with Gasteiger partial charge in [0.1, 0.15) is 47.1 Å². The van der Waals surface area contributed by atoms with Gasteiger partial charge in [0.25, 0.3) is 0 Å². The van der Waals surface area contributed by atoms with Crippen molar-refractivity contribution < 1.29 is 28.2 Å². The maximum atomic E-state index is 12.4. The summed E-state index contributed by atoms with van der Waals surface area (Å²) in [7, 11) is 0. The summed E-state index contributed by atoms with van der Waals surface area (Å²) < 4.78 is 35.4. The highest BCUT2D eigenvalue weighted by molar-refractivity contribution is 7.92. The molecule has 0 aliphatic carbocycles. The molecule has 2 atom stereocenters. The third-order valence-electron chi connectivity index (χ3n) is 5.61. The normalized spacial score (nSPS) is 14.2. The maximum Gasteiger partial charge on any atom is 0.226 e. The van der Waals surface area contributed by atoms with Crippen molar-refractivity contribution in [3.63, 3.8) is 0 Å². The molecule has 10 heteroatoms. The van der Waals surface area contributed by atoms with Crippen LogP contribution in [0.2, 0.25) is 0 Å². The molecule has 2 N–H and O–H groups in total. The summed E-state index contributed by atoms with van der Waals surface area (Å²) in [5, 5.41) is 18.6. The fourth-order valence-electron chi connectivity index (χ4n) is 3.09. The molecule has 0 aliphatic rings. The highest BCUT2D eigenvalue weighted by atomic mass is 32.2. The molecule has 0 saturated heterocycles. The predicted molar refractivity (Wildman–Crippen MR) is 129 cm³/mol. The SMILES string of the molecule is CC(C)(CC[S+]([O-])CCC[S+]([O-])CCC(C)(C)c1cc(=O)c(O)co1)c1cc(=O)c(O)co1. The van der Waals surface area contributed by atoms with Crippen LogP contribution < -0.4 is 10.9 Å². The van der Waals surface area contributed by atoms with Crippen molar-refractivity contribution in [2.75, 3.05) is 23.0 Å². The lowest BCUT2D eigenvalue weighted by molar-refractivity contribution is 0.346. The van der Waals surface area contributed by atoms with Gasteiger partial charge in [-0.05, 0) is 0 Å². The average Bonchev–Trinajstić information content (AvgIpc) is 2.74. The van der Waals surface area contributed by atoms with E-state index < -0.39 is 55.5 Å². The minimum Gasteiger partial charge on any atom is -0.616 e. The lowest BCUT2D eigenvalue weighted by Gasteiger charge is -2.24. The lowest BCUT2D eigenvalue weighted by Crippen LogP contribution is -2.26. The minimum absolute atomic E-state index is 0.414. The molecule has 2 heterocycles. The fraction of sp³-hybridized carbons (Fsp3) is 0.565. The molecule has 33 heavy (non-hydrogen) atoms. The summed E-state index contributed by atoms with van der Waals surface area (Å²) in [6, 6.07) is 2.51. The van der Waals surface area contributed by atoms with Gasteiger partial charge in [0, 0.05) is 42.2 Å². The van der Waals surface area contributed by atoms with E-state index in [4.69, 9.17) is 8.83 Å². The summed E-state index contributed by atoms with van der Waals surface area (Å²) in [5.41, 5.74) is -2.05. The molecule has 2 unspecified atom stereocenters. The molecule has 2 aromatic rings. The Kier molecular flexibility index (Phi) is 9.54. The van der Waals surface area contributed by atoms with E-state index in [1.54, 1.807) is 0 Å². The van der Waals surface area contributed by atoms with E-state index in [0.29, 0.717) is 53.8 Å². The summed E-state index contributed by atoms with van der Waals surface area (Å²) in [4.78, 5) is 23.3. The van der Waals surface area contributed by atoms with Crippen molar-refractivity contribution in [3.05, 3.63) is 56.6 Å². The standard InChI is InChI=1S/C23H32O8S2/c1-22(2,20-12-16(24)18(26)14-30-20)6-10-32(28)8-5-9-33(29)11-7-23(3,4)21-13-17(25)19(27)15-31-21/h12-15,26-27H,5-11H2,1-4H3. The Morgan fingerprint density at radius 1 is 0.758 bits per heavy atom. The second-order valence-electron chi connectivity index (χ2n) is 9.31. The molecule has 0 radical (unpaired) electrons. The molecule has 2 rings (SSSR count). The Labute approximate surface area is 199 Å². The summed E-state index contributed by atoms with van der Waals surface area (Å²) >= 11 is -2.20. The quantitative estimate of drug-likeness (QED) is 0.423. The van der Waals surface area contributed by atoms with Crippen LogP contribution in [0.3, 0.4) is 0 Å². The first-order valence-corrected chi connectivity index (χ1v) is 13.6. The van der Waals surface area contributed by atoms with Gasteiger partial charge in [0.15, 0.2) is 11.5 Å². The average molecular weight is 501 g/mol. The van der Waals surface area contributed by atoms with Crippen molar-refractivity contribution in [1.82, 2.24) is 0 Å². The molecule has 0 aromatic carbocycles. The second kappa shape index (κ2) is 11.5. The Balaban J connectivity index is 1.74. The molecular formula is C23H32O8S2. The highest BCUT2D eigenvalue weighted by Gasteiger charge is 2.28. The maximum absolute atomic E-state index is 12.4. The lowest BCUT2D eigenvalue weighted by atomic mass is 9.87. The molecule has 0 bridgehead atoms. The first-order valence-electron chi connectivity index (χ1n) is 10.7. The first-order chi connectivity index (χ1) is 15.3.